The Morgan fingerprint density at radius 3 is 2.39 bits per heavy atom. The Kier molecular flexibility index (Phi) is 5.73. The van der Waals surface area contributed by atoms with Crippen molar-refractivity contribution in [3.63, 3.8) is 0 Å². The maximum atomic E-state index is 12.1. The average Bonchev–Trinajstić information content (AvgIpc) is 2.60. The quantitative estimate of drug-likeness (QED) is 0.794. The molecule has 2 amide bonds. The summed E-state index contributed by atoms with van der Waals surface area (Å²) in [6.07, 6.45) is 0. The lowest BCUT2D eigenvalue weighted by atomic mass is 9.94. The summed E-state index contributed by atoms with van der Waals surface area (Å²) >= 11 is 0. The van der Waals surface area contributed by atoms with Gasteiger partial charge in [0, 0.05) is 11.6 Å². The zero-order valence-electron chi connectivity index (χ0n) is 12.9. The van der Waals surface area contributed by atoms with E-state index in [4.69, 9.17) is 5.26 Å². The van der Waals surface area contributed by atoms with Gasteiger partial charge < -0.3 is 15.7 Å². The number of amides is 2. The number of nitrogens with zero attached hydrogens (tertiary/aromatic N) is 1. The van der Waals surface area contributed by atoms with E-state index >= 15 is 0 Å². The van der Waals surface area contributed by atoms with Crippen LogP contribution in [-0.2, 0) is 0 Å². The molecular formula is C18H19N3O2. The van der Waals surface area contributed by atoms with Gasteiger partial charge in [-0.15, -0.1) is 0 Å². The predicted octanol–water partition coefficient (Wildman–Crippen LogP) is 2.84. The van der Waals surface area contributed by atoms with Gasteiger partial charge in [-0.3, -0.25) is 0 Å². The van der Waals surface area contributed by atoms with Crippen molar-refractivity contribution in [2.24, 2.45) is 0 Å². The van der Waals surface area contributed by atoms with Gasteiger partial charge in [-0.25, -0.2) is 4.79 Å². The molecule has 118 valence electrons. The normalized spacial score (nSPS) is 12.7. The lowest BCUT2D eigenvalue weighted by molar-refractivity contribution is 0.215. The molecule has 0 spiro atoms. The van der Waals surface area contributed by atoms with E-state index in [9.17, 15) is 9.90 Å². The van der Waals surface area contributed by atoms with Crippen molar-refractivity contribution >= 4 is 11.7 Å². The Morgan fingerprint density at radius 2 is 1.83 bits per heavy atom. The third kappa shape index (κ3) is 4.56. The number of urea groups is 1. The SMILES string of the molecule is C[C@@H](c1ccccc1)[C@H](CO)NC(=O)Nc1ccc(C#N)cc1. The molecule has 2 aromatic rings. The number of aliphatic hydroxyl groups is 1. The second-order valence-electron chi connectivity index (χ2n) is 5.28. The molecule has 3 N–H and O–H groups in total. The first-order valence-corrected chi connectivity index (χ1v) is 7.37. The van der Waals surface area contributed by atoms with Crippen LogP contribution in [0.25, 0.3) is 0 Å². The average molecular weight is 309 g/mol. The first kappa shape index (κ1) is 16.5. The third-order valence-corrected chi connectivity index (χ3v) is 3.71. The molecule has 0 aliphatic carbocycles. The van der Waals surface area contributed by atoms with E-state index in [2.05, 4.69) is 10.6 Å². The molecule has 2 aromatic carbocycles. The van der Waals surface area contributed by atoms with Crippen molar-refractivity contribution in [2.75, 3.05) is 11.9 Å². The number of nitriles is 1. The Morgan fingerprint density at radius 1 is 1.17 bits per heavy atom. The summed E-state index contributed by atoms with van der Waals surface area (Å²) in [4.78, 5) is 12.1. The molecule has 2 rings (SSSR count). The molecular weight excluding hydrogens is 290 g/mol. The minimum atomic E-state index is -0.393. The van der Waals surface area contributed by atoms with Crippen LogP contribution in [0, 0.1) is 11.3 Å². The molecule has 0 saturated carbocycles. The topological polar surface area (TPSA) is 85.2 Å². The highest BCUT2D eigenvalue weighted by Gasteiger charge is 2.20. The van der Waals surface area contributed by atoms with Gasteiger partial charge in [-0.1, -0.05) is 37.3 Å². The number of benzene rings is 2. The van der Waals surface area contributed by atoms with E-state index < -0.39 is 12.1 Å². The smallest absolute Gasteiger partial charge is 0.319 e. The Labute approximate surface area is 135 Å². The highest BCUT2D eigenvalue weighted by atomic mass is 16.3. The van der Waals surface area contributed by atoms with Crippen molar-refractivity contribution in [1.29, 1.82) is 5.26 Å². The summed E-state index contributed by atoms with van der Waals surface area (Å²) in [6.45, 7) is 1.80. The molecule has 0 aliphatic heterocycles. The van der Waals surface area contributed by atoms with E-state index in [1.165, 1.54) is 0 Å². The fraction of sp³-hybridized carbons (Fsp3) is 0.222. The van der Waals surface area contributed by atoms with E-state index in [0.29, 0.717) is 11.3 Å². The van der Waals surface area contributed by atoms with Crippen LogP contribution in [0.5, 0.6) is 0 Å². The maximum absolute atomic E-state index is 12.1. The second kappa shape index (κ2) is 7.97. The number of carbonyl (C=O) groups excluding carboxylic acids is 1. The highest BCUT2D eigenvalue weighted by molar-refractivity contribution is 5.89. The molecule has 0 fully saturated rings. The molecule has 23 heavy (non-hydrogen) atoms. The summed E-state index contributed by atoms with van der Waals surface area (Å²) in [5.41, 5.74) is 2.16. The van der Waals surface area contributed by atoms with Crippen LogP contribution in [0.15, 0.2) is 54.6 Å². The van der Waals surface area contributed by atoms with Crippen molar-refractivity contribution in [1.82, 2.24) is 5.32 Å². The minimum Gasteiger partial charge on any atom is -0.394 e. The first-order valence-electron chi connectivity index (χ1n) is 7.37. The molecule has 0 radical (unpaired) electrons. The first-order chi connectivity index (χ1) is 11.1. The summed E-state index contributed by atoms with van der Waals surface area (Å²) in [6, 6.07) is 17.5. The predicted molar refractivity (Wildman–Crippen MR) is 89.0 cm³/mol. The van der Waals surface area contributed by atoms with Crippen LogP contribution in [0.4, 0.5) is 10.5 Å². The van der Waals surface area contributed by atoms with Crippen LogP contribution < -0.4 is 10.6 Å². The van der Waals surface area contributed by atoms with Gasteiger partial charge >= 0.3 is 6.03 Å². The van der Waals surface area contributed by atoms with Crippen LogP contribution in [-0.4, -0.2) is 23.8 Å². The Hall–Kier alpha value is -2.84. The Balaban J connectivity index is 1.98. The van der Waals surface area contributed by atoms with E-state index in [1.54, 1.807) is 24.3 Å². The summed E-state index contributed by atoms with van der Waals surface area (Å²) in [5, 5.41) is 23.8. The number of rotatable bonds is 5. The molecule has 0 aromatic heterocycles. The van der Waals surface area contributed by atoms with Crippen LogP contribution in [0.3, 0.4) is 0 Å². The van der Waals surface area contributed by atoms with Gasteiger partial charge in [0.2, 0.25) is 0 Å². The van der Waals surface area contributed by atoms with Crippen molar-refractivity contribution in [2.45, 2.75) is 18.9 Å². The van der Waals surface area contributed by atoms with Gasteiger partial charge in [-0.05, 0) is 29.8 Å². The Bertz CT molecular complexity index is 678. The fourth-order valence-electron chi connectivity index (χ4n) is 2.28. The monoisotopic (exact) mass is 309 g/mol. The second-order valence-corrected chi connectivity index (χ2v) is 5.28. The van der Waals surface area contributed by atoms with Crippen molar-refractivity contribution in [3.05, 3.63) is 65.7 Å². The van der Waals surface area contributed by atoms with Gasteiger partial charge in [0.1, 0.15) is 0 Å². The number of nitrogens with one attached hydrogen (secondary N) is 2. The number of hydrogen-bond donors (Lipinski definition) is 3. The fourth-order valence-corrected chi connectivity index (χ4v) is 2.28. The van der Waals surface area contributed by atoms with E-state index in [0.717, 1.165) is 5.56 Å². The summed E-state index contributed by atoms with van der Waals surface area (Å²) in [7, 11) is 0. The molecule has 0 bridgehead atoms. The third-order valence-electron chi connectivity index (χ3n) is 3.71. The van der Waals surface area contributed by atoms with Gasteiger partial charge in [0.15, 0.2) is 0 Å². The standard InChI is InChI=1S/C18H19N3O2/c1-13(15-5-3-2-4-6-15)17(12-22)21-18(23)20-16-9-7-14(11-19)8-10-16/h2-10,13,17,22H,12H2,1H3,(H2,20,21,23)/t13-,17-/m0/s1. The van der Waals surface area contributed by atoms with Crippen LogP contribution in [0.1, 0.15) is 24.0 Å². The molecule has 0 saturated heterocycles. The molecule has 0 unspecified atom stereocenters. The van der Waals surface area contributed by atoms with Gasteiger partial charge in [-0.2, -0.15) is 5.26 Å². The van der Waals surface area contributed by atoms with Crippen molar-refractivity contribution < 1.29 is 9.90 Å². The number of anilines is 1. The number of carbonyl (C=O) groups is 1. The lowest BCUT2D eigenvalue weighted by Crippen LogP contribution is -2.43. The van der Waals surface area contributed by atoms with E-state index in [-0.39, 0.29) is 12.5 Å². The molecule has 0 heterocycles. The molecule has 2 atom stereocenters. The zero-order valence-corrected chi connectivity index (χ0v) is 12.9. The lowest BCUT2D eigenvalue weighted by Gasteiger charge is -2.24. The molecule has 0 aliphatic rings. The zero-order chi connectivity index (χ0) is 16.7. The minimum absolute atomic E-state index is 0.0204. The highest BCUT2D eigenvalue weighted by Crippen LogP contribution is 2.19. The number of hydrogen-bond acceptors (Lipinski definition) is 3. The number of aliphatic hydroxyl groups excluding tert-OH is 1. The largest absolute Gasteiger partial charge is 0.394 e. The summed E-state index contributed by atoms with van der Waals surface area (Å²) in [5.74, 6) is -0.0204. The summed E-state index contributed by atoms with van der Waals surface area (Å²) < 4.78 is 0. The van der Waals surface area contributed by atoms with Crippen LogP contribution >= 0.6 is 0 Å². The molecule has 5 heteroatoms. The van der Waals surface area contributed by atoms with Gasteiger partial charge in [0.05, 0.1) is 24.3 Å². The van der Waals surface area contributed by atoms with Crippen LogP contribution in [0.2, 0.25) is 0 Å². The van der Waals surface area contributed by atoms with Gasteiger partial charge in [0.25, 0.3) is 0 Å². The van der Waals surface area contributed by atoms with Crippen molar-refractivity contribution in [3.8, 4) is 6.07 Å². The maximum Gasteiger partial charge on any atom is 0.319 e. The van der Waals surface area contributed by atoms with E-state index in [1.807, 2.05) is 43.3 Å². The molecule has 5 nitrogen and oxygen atoms in total.